The maximum absolute atomic E-state index is 12.9. The number of pyridine rings is 1. The van der Waals surface area contributed by atoms with Crippen LogP contribution in [-0.2, 0) is 7.05 Å². The van der Waals surface area contributed by atoms with Gasteiger partial charge in [0, 0.05) is 35.9 Å². The van der Waals surface area contributed by atoms with Gasteiger partial charge in [-0.3, -0.25) is 9.48 Å². The van der Waals surface area contributed by atoms with E-state index in [4.69, 9.17) is 0 Å². The van der Waals surface area contributed by atoms with Gasteiger partial charge in [-0.25, -0.2) is 4.98 Å². The molecule has 0 saturated heterocycles. The van der Waals surface area contributed by atoms with Gasteiger partial charge in [-0.1, -0.05) is 24.3 Å². The van der Waals surface area contributed by atoms with Crippen LogP contribution in [0, 0.1) is 0 Å². The second-order valence-electron chi connectivity index (χ2n) is 5.98. The third-order valence-electron chi connectivity index (χ3n) is 4.07. The molecule has 4 aromatic rings. The molecule has 0 aliphatic heterocycles. The monoisotopic (exact) mass is 344 g/mol. The Kier molecular flexibility index (Phi) is 3.85. The van der Waals surface area contributed by atoms with Crippen molar-refractivity contribution >= 4 is 22.5 Å². The van der Waals surface area contributed by atoms with Crippen molar-refractivity contribution < 1.29 is 9.90 Å². The summed E-state index contributed by atoms with van der Waals surface area (Å²) in [7, 11) is 1.83. The van der Waals surface area contributed by atoms with E-state index in [-0.39, 0.29) is 11.7 Å². The number of phenolic OH excluding ortho intramolecular Hbond substituents is 1. The molecule has 128 valence electrons. The van der Waals surface area contributed by atoms with E-state index in [1.54, 1.807) is 35.1 Å². The van der Waals surface area contributed by atoms with E-state index in [0.717, 1.165) is 16.5 Å². The number of carbonyl (C=O) groups excluding carboxylic acids is 1. The molecule has 6 heteroatoms. The van der Waals surface area contributed by atoms with Gasteiger partial charge in [-0.2, -0.15) is 5.10 Å². The average molecular weight is 344 g/mol. The second-order valence-corrected chi connectivity index (χ2v) is 5.98. The summed E-state index contributed by atoms with van der Waals surface area (Å²) in [5.41, 5.74) is 3.29. The molecule has 0 aliphatic rings. The van der Waals surface area contributed by atoms with E-state index in [2.05, 4.69) is 15.4 Å². The second kappa shape index (κ2) is 6.33. The van der Waals surface area contributed by atoms with Gasteiger partial charge < -0.3 is 10.4 Å². The van der Waals surface area contributed by atoms with Gasteiger partial charge in [-0.15, -0.1) is 0 Å². The van der Waals surface area contributed by atoms with Crippen LogP contribution in [0.4, 0.5) is 5.69 Å². The van der Waals surface area contributed by atoms with Crippen molar-refractivity contribution in [3.63, 3.8) is 0 Å². The minimum atomic E-state index is -0.264. The number of amides is 1. The van der Waals surface area contributed by atoms with Crippen molar-refractivity contribution in [2.45, 2.75) is 0 Å². The lowest BCUT2D eigenvalue weighted by atomic mass is 10.0. The summed E-state index contributed by atoms with van der Waals surface area (Å²) in [6, 6.07) is 15.7. The molecule has 2 aromatic carbocycles. The first kappa shape index (κ1) is 15.8. The van der Waals surface area contributed by atoms with E-state index in [1.807, 2.05) is 37.5 Å². The first-order valence-electron chi connectivity index (χ1n) is 8.09. The number of phenols is 1. The lowest BCUT2D eigenvalue weighted by Gasteiger charge is -2.10. The third kappa shape index (κ3) is 3.00. The molecule has 2 N–H and O–H groups in total. The number of nitrogens with one attached hydrogen (secondary N) is 1. The molecule has 0 bridgehead atoms. The number of aromatic hydroxyl groups is 1. The average Bonchev–Trinajstić information content (AvgIpc) is 3.07. The minimum Gasteiger partial charge on any atom is -0.508 e. The van der Waals surface area contributed by atoms with Crippen LogP contribution in [0.25, 0.3) is 22.2 Å². The summed E-state index contributed by atoms with van der Waals surface area (Å²) in [6.45, 7) is 0. The fraction of sp³-hybridized carbons (Fsp3) is 0.0500. The van der Waals surface area contributed by atoms with Crippen molar-refractivity contribution in [2.75, 3.05) is 5.32 Å². The molecule has 2 aromatic heterocycles. The quantitative estimate of drug-likeness (QED) is 0.595. The summed E-state index contributed by atoms with van der Waals surface area (Å²) in [6.07, 6.45) is 3.57. The number of carbonyl (C=O) groups is 1. The fourth-order valence-electron chi connectivity index (χ4n) is 2.85. The van der Waals surface area contributed by atoms with E-state index >= 15 is 0 Å². The van der Waals surface area contributed by atoms with Crippen LogP contribution in [0.1, 0.15) is 10.4 Å². The Hall–Kier alpha value is -3.67. The Morgan fingerprint density at radius 1 is 1.12 bits per heavy atom. The number of anilines is 1. The zero-order valence-electron chi connectivity index (χ0n) is 14.0. The van der Waals surface area contributed by atoms with E-state index in [1.165, 1.54) is 6.07 Å². The number of fused-ring (bicyclic) bond motifs is 1. The zero-order chi connectivity index (χ0) is 18.1. The molecule has 6 nitrogen and oxygen atoms in total. The number of hydrogen-bond acceptors (Lipinski definition) is 4. The van der Waals surface area contributed by atoms with Crippen molar-refractivity contribution in [1.29, 1.82) is 0 Å². The summed E-state index contributed by atoms with van der Waals surface area (Å²) < 4.78 is 1.69. The summed E-state index contributed by atoms with van der Waals surface area (Å²) >= 11 is 0. The van der Waals surface area contributed by atoms with Gasteiger partial charge in [0.1, 0.15) is 5.75 Å². The van der Waals surface area contributed by atoms with Crippen LogP contribution < -0.4 is 5.32 Å². The summed E-state index contributed by atoms with van der Waals surface area (Å²) in [5.74, 6) is -0.169. The van der Waals surface area contributed by atoms with Gasteiger partial charge in [0.15, 0.2) is 0 Å². The lowest BCUT2D eigenvalue weighted by molar-refractivity contribution is 0.102. The van der Waals surface area contributed by atoms with Gasteiger partial charge in [0.05, 0.1) is 23.0 Å². The highest BCUT2D eigenvalue weighted by molar-refractivity contribution is 6.13. The van der Waals surface area contributed by atoms with Crippen LogP contribution >= 0.6 is 0 Å². The van der Waals surface area contributed by atoms with E-state index in [9.17, 15) is 9.90 Å². The highest BCUT2D eigenvalue weighted by Gasteiger charge is 2.15. The summed E-state index contributed by atoms with van der Waals surface area (Å²) in [5, 5.41) is 17.4. The molecule has 0 aliphatic carbocycles. The van der Waals surface area contributed by atoms with Crippen LogP contribution in [0.2, 0.25) is 0 Å². The Labute approximate surface area is 149 Å². The Bertz CT molecular complexity index is 1120. The van der Waals surface area contributed by atoms with Crippen LogP contribution in [0.15, 0.2) is 67.0 Å². The van der Waals surface area contributed by atoms with Crippen molar-refractivity contribution in [3.05, 3.63) is 72.6 Å². The lowest BCUT2D eigenvalue weighted by Crippen LogP contribution is -2.13. The molecule has 0 saturated carbocycles. The molecule has 4 rings (SSSR count). The Morgan fingerprint density at radius 2 is 1.96 bits per heavy atom. The molecule has 1 amide bonds. The molecular weight excluding hydrogens is 328 g/mol. The normalized spacial score (nSPS) is 10.8. The van der Waals surface area contributed by atoms with Crippen molar-refractivity contribution in [2.24, 2.45) is 7.05 Å². The highest BCUT2D eigenvalue weighted by atomic mass is 16.3. The van der Waals surface area contributed by atoms with E-state index < -0.39 is 0 Å². The zero-order valence-corrected chi connectivity index (χ0v) is 14.0. The van der Waals surface area contributed by atoms with Gasteiger partial charge in [-0.05, 0) is 24.3 Å². The van der Waals surface area contributed by atoms with E-state index in [0.29, 0.717) is 16.9 Å². The predicted molar refractivity (Wildman–Crippen MR) is 100 cm³/mol. The molecule has 0 fully saturated rings. The smallest absolute Gasteiger partial charge is 0.256 e. The fourth-order valence-corrected chi connectivity index (χ4v) is 2.85. The van der Waals surface area contributed by atoms with Crippen LogP contribution in [0.3, 0.4) is 0 Å². The number of para-hydroxylation sites is 1. The standard InChI is InChI=1S/C20H16N4O2/c1-24-12-13(11-21-24)19-10-17(16-7-2-3-8-18(16)23-19)20(26)22-14-5-4-6-15(25)9-14/h2-12,25H,1H3,(H,22,26). The molecule has 0 radical (unpaired) electrons. The topological polar surface area (TPSA) is 80.0 Å². The SMILES string of the molecule is Cn1cc(-c2cc(C(=O)Nc3cccc(O)c3)c3ccccc3n2)cn1. The molecular formula is C20H16N4O2. The summed E-state index contributed by atoms with van der Waals surface area (Å²) in [4.78, 5) is 17.5. The number of benzene rings is 2. The maximum Gasteiger partial charge on any atom is 0.256 e. The largest absolute Gasteiger partial charge is 0.508 e. The molecule has 0 spiro atoms. The number of nitrogens with zero attached hydrogens (tertiary/aromatic N) is 3. The Balaban J connectivity index is 1.81. The van der Waals surface area contributed by atoms with Gasteiger partial charge in [0.25, 0.3) is 5.91 Å². The first-order chi connectivity index (χ1) is 12.6. The van der Waals surface area contributed by atoms with Crippen LogP contribution in [-0.4, -0.2) is 25.8 Å². The van der Waals surface area contributed by atoms with Gasteiger partial charge >= 0.3 is 0 Å². The molecule has 0 unspecified atom stereocenters. The number of hydrogen-bond donors (Lipinski definition) is 2. The first-order valence-corrected chi connectivity index (χ1v) is 8.09. The molecule has 2 heterocycles. The molecule has 26 heavy (non-hydrogen) atoms. The molecule has 0 atom stereocenters. The maximum atomic E-state index is 12.9. The minimum absolute atomic E-state index is 0.0958. The van der Waals surface area contributed by atoms with Gasteiger partial charge in [0.2, 0.25) is 0 Å². The third-order valence-corrected chi connectivity index (χ3v) is 4.07. The van der Waals surface area contributed by atoms with Crippen LogP contribution in [0.5, 0.6) is 5.75 Å². The highest BCUT2D eigenvalue weighted by Crippen LogP contribution is 2.25. The number of aromatic nitrogens is 3. The number of aryl methyl sites for hydroxylation is 1. The Morgan fingerprint density at radius 3 is 2.73 bits per heavy atom. The predicted octanol–water partition coefficient (Wildman–Crippen LogP) is 3.59. The van der Waals surface area contributed by atoms with Crippen molar-refractivity contribution in [1.82, 2.24) is 14.8 Å². The number of rotatable bonds is 3. The van der Waals surface area contributed by atoms with Crippen molar-refractivity contribution in [3.8, 4) is 17.0 Å².